The van der Waals surface area contributed by atoms with Crippen LogP contribution in [0.4, 0.5) is 0 Å². The largest absolute Gasteiger partial charge is 0.378 e. The third-order valence-corrected chi connectivity index (χ3v) is 3.81. The molecule has 2 rings (SSSR count). The number of nitrogens with zero attached hydrogens (tertiary/aromatic N) is 1. The predicted molar refractivity (Wildman–Crippen MR) is 76.5 cm³/mol. The Balaban J connectivity index is 1.62. The van der Waals surface area contributed by atoms with Gasteiger partial charge in [-0.05, 0) is 57.1 Å². The van der Waals surface area contributed by atoms with Gasteiger partial charge in [0, 0.05) is 24.5 Å². The van der Waals surface area contributed by atoms with Crippen LogP contribution in [0, 0.1) is 0 Å². The highest BCUT2D eigenvalue weighted by atomic mass is 16.5. The van der Waals surface area contributed by atoms with Crippen molar-refractivity contribution in [2.24, 2.45) is 5.84 Å². The summed E-state index contributed by atoms with van der Waals surface area (Å²) in [5, 5.41) is 0. The van der Waals surface area contributed by atoms with Gasteiger partial charge in [-0.25, -0.2) is 0 Å². The predicted octanol–water partition coefficient (Wildman–Crippen LogP) is 2.20. The maximum atomic E-state index is 5.64. The van der Waals surface area contributed by atoms with E-state index in [0.29, 0.717) is 12.1 Å². The van der Waals surface area contributed by atoms with E-state index in [1.54, 1.807) is 0 Å². The molecule has 1 aliphatic rings. The van der Waals surface area contributed by atoms with Crippen LogP contribution in [0.25, 0.3) is 0 Å². The van der Waals surface area contributed by atoms with E-state index in [0.717, 1.165) is 31.6 Å². The summed E-state index contributed by atoms with van der Waals surface area (Å²) in [6.45, 7) is 0.947. The quantitative estimate of drug-likeness (QED) is 0.557. The molecule has 4 heteroatoms. The van der Waals surface area contributed by atoms with Crippen LogP contribution in [0.2, 0.25) is 0 Å². The Hall–Kier alpha value is -0.970. The third kappa shape index (κ3) is 5.27. The highest BCUT2D eigenvalue weighted by Gasteiger charge is 2.15. The second-order valence-corrected chi connectivity index (χ2v) is 5.29. The van der Waals surface area contributed by atoms with E-state index < -0.39 is 0 Å². The number of pyridine rings is 1. The molecular weight excluding hydrogens is 238 g/mol. The summed E-state index contributed by atoms with van der Waals surface area (Å²) in [6, 6.07) is 6.43. The van der Waals surface area contributed by atoms with Crippen molar-refractivity contribution in [1.29, 1.82) is 0 Å². The lowest BCUT2D eigenvalue weighted by molar-refractivity contribution is 0.101. The minimum atomic E-state index is 0.378. The molecular formula is C15H25N3O. The van der Waals surface area contributed by atoms with Crippen LogP contribution < -0.4 is 11.3 Å². The molecule has 0 spiro atoms. The summed E-state index contributed by atoms with van der Waals surface area (Å²) in [4.78, 5) is 4.34. The lowest BCUT2D eigenvalue weighted by Gasteiger charge is -2.16. The van der Waals surface area contributed by atoms with Crippen LogP contribution in [0.5, 0.6) is 0 Å². The third-order valence-electron chi connectivity index (χ3n) is 3.81. The van der Waals surface area contributed by atoms with Crippen molar-refractivity contribution in [3.05, 3.63) is 30.1 Å². The SMILES string of the molecule is NNC(CCCC1CCCO1)CCc1ccccn1. The zero-order valence-electron chi connectivity index (χ0n) is 11.6. The number of hydrogen-bond donors (Lipinski definition) is 2. The molecule has 1 fully saturated rings. The number of ether oxygens (including phenoxy) is 1. The molecule has 0 amide bonds. The van der Waals surface area contributed by atoms with Gasteiger partial charge >= 0.3 is 0 Å². The molecule has 2 heterocycles. The van der Waals surface area contributed by atoms with Crippen molar-refractivity contribution in [2.75, 3.05) is 6.61 Å². The Kier molecular flexibility index (Phi) is 6.27. The van der Waals surface area contributed by atoms with E-state index in [9.17, 15) is 0 Å². The standard InChI is InChI=1S/C15H25N3O/c16-18-14(6-3-7-15-8-4-12-19-15)10-9-13-5-1-2-11-17-13/h1-2,5,11,14-15,18H,3-4,6-10,12,16H2. The molecule has 1 aliphatic heterocycles. The van der Waals surface area contributed by atoms with Crippen molar-refractivity contribution in [3.63, 3.8) is 0 Å². The minimum absolute atomic E-state index is 0.378. The van der Waals surface area contributed by atoms with E-state index in [1.165, 1.54) is 25.7 Å². The molecule has 4 nitrogen and oxygen atoms in total. The topological polar surface area (TPSA) is 60.2 Å². The van der Waals surface area contributed by atoms with Crippen LogP contribution in [0.15, 0.2) is 24.4 Å². The molecule has 0 bridgehead atoms. The Labute approximate surface area is 115 Å². The maximum Gasteiger partial charge on any atom is 0.0576 e. The molecule has 3 N–H and O–H groups in total. The van der Waals surface area contributed by atoms with E-state index >= 15 is 0 Å². The van der Waals surface area contributed by atoms with Gasteiger partial charge in [0.25, 0.3) is 0 Å². The molecule has 0 radical (unpaired) electrons. The molecule has 19 heavy (non-hydrogen) atoms. The fourth-order valence-electron chi connectivity index (χ4n) is 2.64. The zero-order chi connectivity index (χ0) is 13.3. The first-order valence-electron chi connectivity index (χ1n) is 7.36. The van der Waals surface area contributed by atoms with Crippen LogP contribution in [0.3, 0.4) is 0 Å². The van der Waals surface area contributed by atoms with E-state index in [1.807, 2.05) is 18.3 Å². The summed E-state index contributed by atoms with van der Waals surface area (Å²) in [5.41, 5.74) is 4.07. The van der Waals surface area contributed by atoms with Crippen molar-refractivity contribution in [1.82, 2.24) is 10.4 Å². The number of aromatic nitrogens is 1. The van der Waals surface area contributed by atoms with Gasteiger partial charge in [0.05, 0.1) is 6.10 Å². The summed E-state index contributed by atoms with van der Waals surface area (Å²) in [5.74, 6) is 5.63. The first kappa shape index (κ1) is 14.4. The van der Waals surface area contributed by atoms with Gasteiger partial charge in [-0.1, -0.05) is 6.07 Å². The van der Waals surface area contributed by atoms with Gasteiger partial charge in [0.2, 0.25) is 0 Å². The second-order valence-electron chi connectivity index (χ2n) is 5.29. The van der Waals surface area contributed by atoms with Gasteiger partial charge < -0.3 is 4.74 Å². The molecule has 1 aromatic rings. The summed E-state index contributed by atoms with van der Waals surface area (Å²) in [7, 11) is 0. The molecule has 1 saturated heterocycles. The highest BCUT2D eigenvalue weighted by Crippen LogP contribution is 2.18. The van der Waals surface area contributed by atoms with E-state index in [-0.39, 0.29) is 0 Å². The molecule has 0 aliphatic carbocycles. The van der Waals surface area contributed by atoms with Gasteiger partial charge in [-0.3, -0.25) is 16.3 Å². The Morgan fingerprint density at radius 1 is 1.42 bits per heavy atom. The van der Waals surface area contributed by atoms with Crippen molar-refractivity contribution in [3.8, 4) is 0 Å². The number of nitrogens with one attached hydrogen (secondary N) is 1. The van der Waals surface area contributed by atoms with Gasteiger partial charge in [0.1, 0.15) is 0 Å². The minimum Gasteiger partial charge on any atom is -0.378 e. The molecule has 106 valence electrons. The number of rotatable bonds is 8. The lowest BCUT2D eigenvalue weighted by Crippen LogP contribution is -2.35. The average Bonchev–Trinajstić information content (AvgIpc) is 2.97. The molecule has 2 unspecified atom stereocenters. The summed E-state index contributed by atoms with van der Waals surface area (Å²) >= 11 is 0. The van der Waals surface area contributed by atoms with Gasteiger partial charge in [-0.15, -0.1) is 0 Å². The monoisotopic (exact) mass is 263 g/mol. The van der Waals surface area contributed by atoms with E-state index in [4.69, 9.17) is 10.6 Å². The first-order valence-corrected chi connectivity index (χ1v) is 7.36. The van der Waals surface area contributed by atoms with Crippen LogP contribution >= 0.6 is 0 Å². The Morgan fingerprint density at radius 3 is 3.05 bits per heavy atom. The lowest BCUT2D eigenvalue weighted by atomic mass is 10.0. The van der Waals surface area contributed by atoms with Crippen LogP contribution in [-0.2, 0) is 11.2 Å². The fourth-order valence-corrected chi connectivity index (χ4v) is 2.64. The highest BCUT2D eigenvalue weighted by molar-refractivity contribution is 5.03. The van der Waals surface area contributed by atoms with E-state index in [2.05, 4.69) is 16.5 Å². The molecule has 0 saturated carbocycles. The van der Waals surface area contributed by atoms with Gasteiger partial charge in [0.15, 0.2) is 0 Å². The smallest absolute Gasteiger partial charge is 0.0576 e. The fraction of sp³-hybridized carbons (Fsp3) is 0.667. The molecule has 0 aromatic carbocycles. The number of hydrazine groups is 1. The Bertz CT molecular complexity index is 339. The average molecular weight is 263 g/mol. The van der Waals surface area contributed by atoms with Crippen molar-refractivity contribution >= 4 is 0 Å². The number of hydrogen-bond acceptors (Lipinski definition) is 4. The van der Waals surface area contributed by atoms with Crippen molar-refractivity contribution in [2.45, 2.75) is 57.1 Å². The summed E-state index contributed by atoms with van der Waals surface area (Å²) in [6.07, 6.45) is 10.3. The molecule has 2 atom stereocenters. The molecule has 1 aromatic heterocycles. The second kappa shape index (κ2) is 8.25. The zero-order valence-corrected chi connectivity index (χ0v) is 11.6. The maximum absolute atomic E-state index is 5.64. The normalized spacial score (nSPS) is 20.6. The van der Waals surface area contributed by atoms with Gasteiger partial charge in [-0.2, -0.15) is 0 Å². The number of nitrogens with two attached hydrogens (primary N) is 1. The first-order chi connectivity index (χ1) is 9.38. The van der Waals surface area contributed by atoms with Crippen LogP contribution in [-0.4, -0.2) is 23.7 Å². The van der Waals surface area contributed by atoms with Crippen molar-refractivity contribution < 1.29 is 4.74 Å². The number of aryl methyl sites for hydroxylation is 1. The Morgan fingerprint density at radius 2 is 2.37 bits per heavy atom. The summed E-state index contributed by atoms with van der Waals surface area (Å²) < 4.78 is 5.64. The van der Waals surface area contributed by atoms with Crippen LogP contribution in [0.1, 0.15) is 44.2 Å².